The molecule has 0 saturated heterocycles. The highest BCUT2D eigenvalue weighted by Gasteiger charge is 2.09. The monoisotopic (exact) mass is 335 g/mol. The number of benzene rings is 1. The van der Waals surface area contributed by atoms with Crippen molar-refractivity contribution in [3.8, 4) is 17.0 Å². The van der Waals surface area contributed by atoms with Gasteiger partial charge in [-0.05, 0) is 37.6 Å². The molecule has 0 aliphatic rings. The lowest BCUT2D eigenvalue weighted by Crippen LogP contribution is -2.16. The number of halogens is 1. The lowest BCUT2D eigenvalue weighted by molar-refractivity contribution is 0.416. The normalized spacial score (nSPS) is 12.2. The predicted molar refractivity (Wildman–Crippen MR) is 83.7 cm³/mol. The van der Waals surface area contributed by atoms with Crippen molar-refractivity contribution in [3.05, 3.63) is 40.8 Å². The molecule has 1 unspecified atom stereocenters. The predicted octanol–water partition coefficient (Wildman–Crippen LogP) is 3.19. The average Bonchev–Trinajstić information content (AvgIpc) is 2.45. The molecular weight excluding hydrogens is 318 g/mol. The highest BCUT2D eigenvalue weighted by atomic mass is 79.9. The second kappa shape index (κ2) is 6.81. The minimum Gasteiger partial charge on any atom is -0.496 e. The molecular formula is C15H18BrN3O. The molecule has 0 spiro atoms. The Hall–Kier alpha value is -1.46. The van der Waals surface area contributed by atoms with E-state index in [2.05, 4.69) is 25.9 Å². The molecule has 0 saturated carbocycles. The fraction of sp³-hybridized carbons (Fsp3) is 0.333. The van der Waals surface area contributed by atoms with Gasteiger partial charge in [0.2, 0.25) is 0 Å². The summed E-state index contributed by atoms with van der Waals surface area (Å²) in [5.74, 6) is 1.60. The van der Waals surface area contributed by atoms with Crippen LogP contribution in [0, 0.1) is 0 Å². The van der Waals surface area contributed by atoms with E-state index in [1.807, 2.05) is 31.2 Å². The van der Waals surface area contributed by atoms with Crippen molar-refractivity contribution in [2.24, 2.45) is 5.73 Å². The third-order valence-electron chi connectivity index (χ3n) is 2.97. The van der Waals surface area contributed by atoms with Gasteiger partial charge in [-0.15, -0.1) is 0 Å². The van der Waals surface area contributed by atoms with E-state index < -0.39 is 0 Å². The zero-order valence-electron chi connectivity index (χ0n) is 11.6. The fourth-order valence-electron chi connectivity index (χ4n) is 1.91. The summed E-state index contributed by atoms with van der Waals surface area (Å²) in [4.78, 5) is 8.89. The molecule has 0 amide bonds. The molecule has 0 aliphatic heterocycles. The Bertz CT molecular complexity index is 587. The summed E-state index contributed by atoms with van der Waals surface area (Å²) in [6.07, 6.45) is 3.43. The number of rotatable bonds is 5. The SMILES string of the molecule is COc1ccc(Br)cc1-c1ccnc(CCC(C)N)n1. The van der Waals surface area contributed by atoms with E-state index in [0.717, 1.165) is 40.1 Å². The van der Waals surface area contributed by atoms with Crippen molar-refractivity contribution < 1.29 is 4.74 Å². The van der Waals surface area contributed by atoms with Crippen LogP contribution in [-0.4, -0.2) is 23.1 Å². The van der Waals surface area contributed by atoms with Crippen LogP contribution in [0.15, 0.2) is 34.9 Å². The number of ether oxygens (including phenoxy) is 1. The van der Waals surface area contributed by atoms with Gasteiger partial charge in [0, 0.05) is 28.7 Å². The highest BCUT2D eigenvalue weighted by Crippen LogP contribution is 2.31. The molecule has 1 atom stereocenters. The van der Waals surface area contributed by atoms with E-state index in [-0.39, 0.29) is 6.04 Å². The van der Waals surface area contributed by atoms with Gasteiger partial charge in [-0.3, -0.25) is 0 Å². The maximum atomic E-state index is 5.77. The molecule has 2 rings (SSSR count). The summed E-state index contributed by atoms with van der Waals surface area (Å²) < 4.78 is 6.38. The summed E-state index contributed by atoms with van der Waals surface area (Å²) in [5.41, 5.74) is 7.58. The summed E-state index contributed by atoms with van der Waals surface area (Å²) in [5, 5.41) is 0. The number of methoxy groups -OCH3 is 1. The van der Waals surface area contributed by atoms with E-state index in [9.17, 15) is 0 Å². The molecule has 0 fully saturated rings. The minimum atomic E-state index is 0.155. The zero-order valence-corrected chi connectivity index (χ0v) is 13.2. The van der Waals surface area contributed by atoms with Gasteiger partial charge in [0.15, 0.2) is 0 Å². The topological polar surface area (TPSA) is 61.0 Å². The number of aromatic nitrogens is 2. The van der Waals surface area contributed by atoms with Crippen LogP contribution in [0.1, 0.15) is 19.2 Å². The quantitative estimate of drug-likeness (QED) is 0.911. The van der Waals surface area contributed by atoms with Crippen molar-refractivity contribution in [2.75, 3.05) is 7.11 Å². The third-order valence-corrected chi connectivity index (χ3v) is 3.46. The van der Waals surface area contributed by atoms with Crippen molar-refractivity contribution in [1.29, 1.82) is 0 Å². The molecule has 2 aromatic rings. The zero-order chi connectivity index (χ0) is 14.5. The second-order valence-electron chi connectivity index (χ2n) is 4.72. The minimum absolute atomic E-state index is 0.155. The van der Waals surface area contributed by atoms with Crippen LogP contribution in [-0.2, 0) is 6.42 Å². The summed E-state index contributed by atoms with van der Waals surface area (Å²) in [7, 11) is 1.66. The third kappa shape index (κ3) is 3.77. The van der Waals surface area contributed by atoms with Gasteiger partial charge in [0.25, 0.3) is 0 Å². The first-order chi connectivity index (χ1) is 9.60. The van der Waals surface area contributed by atoms with Crippen LogP contribution in [0.3, 0.4) is 0 Å². The number of nitrogens with two attached hydrogens (primary N) is 1. The largest absolute Gasteiger partial charge is 0.496 e. The van der Waals surface area contributed by atoms with Crippen LogP contribution in [0.25, 0.3) is 11.3 Å². The van der Waals surface area contributed by atoms with Gasteiger partial charge in [-0.1, -0.05) is 15.9 Å². The van der Waals surface area contributed by atoms with Crippen molar-refractivity contribution in [1.82, 2.24) is 9.97 Å². The molecule has 0 radical (unpaired) electrons. The van der Waals surface area contributed by atoms with E-state index in [1.54, 1.807) is 13.3 Å². The fourth-order valence-corrected chi connectivity index (χ4v) is 2.27. The summed E-state index contributed by atoms with van der Waals surface area (Å²) >= 11 is 3.48. The first kappa shape index (κ1) is 14.9. The molecule has 106 valence electrons. The Kier molecular flexibility index (Phi) is 5.09. The number of hydrogen-bond acceptors (Lipinski definition) is 4. The second-order valence-corrected chi connectivity index (χ2v) is 5.63. The Balaban J connectivity index is 2.33. The van der Waals surface area contributed by atoms with E-state index in [4.69, 9.17) is 10.5 Å². The van der Waals surface area contributed by atoms with Crippen LogP contribution >= 0.6 is 15.9 Å². The van der Waals surface area contributed by atoms with Crippen molar-refractivity contribution >= 4 is 15.9 Å². The first-order valence-corrected chi connectivity index (χ1v) is 7.31. The molecule has 20 heavy (non-hydrogen) atoms. The van der Waals surface area contributed by atoms with Gasteiger partial charge in [-0.25, -0.2) is 9.97 Å². The molecule has 5 heteroatoms. The van der Waals surface area contributed by atoms with Gasteiger partial charge in [0.1, 0.15) is 11.6 Å². The molecule has 4 nitrogen and oxygen atoms in total. The Labute approximate surface area is 127 Å². The lowest BCUT2D eigenvalue weighted by Gasteiger charge is -2.10. The average molecular weight is 336 g/mol. The van der Waals surface area contributed by atoms with E-state index in [1.165, 1.54) is 0 Å². The molecule has 0 aliphatic carbocycles. The van der Waals surface area contributed by atoms with Gasteiger partial charge >= 0.3 is 0 Å². The standard InChI is InChI=1S/C15H18BrN3O/c1-10(17)3-6-15-18-8-7-13(19-15)12-9-11(16)4-5-14(12)20-2/h4-5,7-10H,3,6,17H2,1-2H3. The number of hydrogen-bond donors (Lipinski definition) is 1. The van der Waals surface area contributed by atoms with Crippen LogP contribution in [0.5, 0.6) is 5.75 Å². The summed E-state index contributed by atoms with van der Waals surface area (Å²) in [6, 6.07) is 7.91. The highest BCUT2D eigenvalue weighted by molar-refractivity contribution is 9.10. The van der Waals surface area contributed by atoms with E-state index in [0.29, 0.717) is 0 Å². The van der Waals surface area contributed by atoms with Gasteiger partial charge in [-0.2, -0.15) is 0 Å². The molecule has 2 N–H and O–H groups in total. The molecule has 1 aromatic heterocycles. The molecule has 1 aromatic carbocycles. The van der Waals surface area contributed by atoms with Crippen molar-refractivity contribution in [3.63, 3.8) is 0 Å². The Morgan fingerprint density at radius 1 is 1.35 bits per heavy atom. The summed E-state index contributed by atoms with van der Waals surface area (Å²) in [6.45, 7) is 1.99. The maximum absolute atomic E-state index is 5.77. The van der Waals surface area contributed by atoms with E-state index >= 15 is 0 Å². The van der Waals surface area contributed by atoms with Crippen LogP contribution in [0.4, 0.5) is 0 Å². The molecule has 0 bridgehead atoms. The van der Waals surface area contributed by atoms with Gasteiger partial charge < -0.3 is 10.5 Å². The Morgan fingerprint density at radius 2 is 2.15 bits per heavy atom. The number of aryl methyl sites for hydroxylation is 1. The van der Waals surface area contributed by atoms with Crippen molar-refractivity contribution in [2.45, 2.75) is 25.8 Å². The lowest BCUT2D eigenvalue weighted by atomic mass is 10.1. The molecule has 1 heterocycles. The smallest absolute Gasteiger partial charge is 0.129 e. The first-order valence-electron chi connectivity index (χ1n) is 6.51. The van der Waals surface area contributed by atoms with Gasteiger partial charge in [0.05, 0.1) is 12.8 Å². The maximum Gasteiger partial charge on any atom is 0.129 e. The van der Waals surface area contributed by atoms with Crippen LogP contribution in [0.2, 0.25) is 0 Å². The van der Waals surface area contributed by atoms with Crippen LogP contribution < -0.4 is 10.5 Å². The Morgan fingerprint density at radius 3 is 2.85 bits per heavy atom. The number of nitrogens with zero attached hydrogens (tertiary/aromatic N) is 2.